The molecule has 0 saturated carbocycles. The zero-order valence-electron chi connectivity index (χ0n) is 17.4. The van der Waals surface area contributed by atoms with E-state index in [1.807, 2.05) is 30.3 Å². The van der Waals surface area contributed by atoms with Crippen molar-refractivity contribution in [2.75, 3.05) is 16.6 Å². The van der Waals surface area contributed by atoms with E-state index in [1.165, 1.54) is 17.8 Å². The molecule has 1 heterocycles. The predicted molar refractivity (Wildman–Crippen MR) is 120 cm³/mol. The second-order valence-corrected chi connectivity index (χ2v) is 9.68. The molecule has 176 valence electrons. The summed E-state index contributed by atoms with van der Waals surface area (Å²) >= 11 is 1.26. The third-order valence-corrected chi connectivity index (χ3v) is 6.57. The molecule has 0 spiro atoms. The van der Waals surface area contributed by atoms with Crippen LogP contribution in [-0.4, -0.2) is 36.1 Å². The Balaban J connectivity index is 1.89. The van der Waals surface area contributed by atoms with Crippen LogP contribution in [0.2, 0.25) is 0 Å². The molecule has 0 amide bonds. The van der Waals surface area contributed by atoms with Crippen molar-refractivity contribution in [3.05, 3.63) is 71.8 Å². The zero-order chi connectivity index (χ0) is 24.1. The van der Waals surface area contributed by atoms with Crippen LogP contribution >= 0.6 is 11.8 Å². The lowest BCUT2D eigenvalue weighted by Gasteiger charge is -2.15. The van der Waals surface area contributed by atoms with Crippen LogP contribution in [0.25, 0.3) is 0 Å². The Morgan fingerprint density at radius 3 is 2.39 bits per heavy atom. The largest absolute Gasteiger partial charge is 0.416 e. The minimum atomic E-state index is -4.68. The monoisotopic (exact) mass is 498 g/mol. The Hall–Kier alpha value is -2.83. The van der Waals surface area contributed by atoms with Gasteiger partial charge in [-0.05, 0) is 30.7 Å². The van der Waals surface area contributed by atoms with E-state index >= 15 is 0 Å². The first-order valence-corrected chi connectivity index (χ1v) is 12.2. The lowest BCUT2D eigenvalue weighted by atomic mass is 10.2. The van der Waals surface area contributed by atoms with Crippen LogP contribution in [0.15, 0.2) is 70.7 Å². The SMILES string of the molecule is CC(CO)Nc1cc(NS(=O)(=O)c2cccc(C(F)(F)F)c2)nc(SCc2ccccc2)n1. The second-order valence-electron chi connectivity index (χ2n) is 7.05. The summed E-state index contributed by atoms with van der Waals surface area (Å²) in [5, 5.41) is 12.5. The summed E-state index contributed by atoms with van der Waals surface area (Å²) in [4.78, 5) is 7.98. The van der Waals surface area contributed by atoms with Gasteiger partial charge < -0.3 is 10.4 Å². The van der Waals surface area contributed by atoms with Crippen molar-refractivity contribution in [2.45, 2.75) is 34.9 Å². The number of aliphatic hydroxyl groups excluding tert-OH is 1. The molecular weight excluding hydrogens is 477 g/mol. The number of halogens is 3. The molecule has 7 nitrogen and oxygen atoms in total. The van der Waals surface area contributed by atoms with Crippen LogP contribution in [0.3, 0.4) is 0 Å². The first-order chi connectivity index (χ1) is 15.6. The molecule has 3 aromatic rings. The number of anilines is 2. The quantitative estimate of drug-likeness (QED) is 0.297. The molecule has 3 rings (SSSR count). The van der Waals surface area contributed by atoms with Crippen LogP contribution in [0.4, 0.5) is 24.8 Å². The van der Waals surface area contributed by atoms with E-state index in [0.29, 0.717) is 11.8 Å². The Labute approximate surface area is 193 Å². The lowest BCUT2D eigenvalue weighted by molar-refractivity contribution is -0.137. The average Bonchev–Trinajstić information content (AvgIpc) is 2.77. The fourth-order valence-electron chi connectivity index (χ4n) is 2.67. The van der Waals surface area contributed by atoms with E-state index in [-0.39, 0.29) is 29.4 Å². The van der Waals surface area contributed by atoms with Crippen molar-refractivity contribution in [1.29, 1.82) is 0 Å². The van der Waals surface area contributed by atoms with E-state index in [4.69, 9.17) is 0 Å². The summed E-state index contributed by atoms with van der Waals surface area (Å²) in [6.07, 6.45) is -4.68. The molecule has 0 radical (unpaired) electrons. The molecule has 2 aromatic carbocycles. The van der Waals surface area contributed by atoms with Crippen LogP contribution in [0.1, 0.15) is 18.1 Å². The highest BCUT2D eigenvalue weighted by atomic mass is 32.2. The van der Waals surface area contributed by atoms with E-state index in [1.54, 1.807) is 6.92 Å². The number of aromatic nitrogens is 2. The minimum absolute atomic E-state index is 0.120. The molecule has 33 heavy (non-hydrogen) atoms. The van der Waals surface area contributed by atoms with Gasteiger partial charge in [-0.2, -0.15) is 13.2 Å². The van der Waals surface area contributed by atoms with E-state index in [0.717, 1.165) is 23.8 Å². The summed E-state index contributed by atoms with van der Waals surface area (Å²) in [6, 6.07) is 13.8. The van der Waals surface area contributed by atoms with Crippen molar-refractivity contribution in [2.24, 2.45) is 0 Å². The van der Waals surface area contributed by atoms with Gasteiger partial charge in [-0.25, -0.2) is 18.4 Å². The first-order valence-electron chi connectivity index (χ1n) is 9.70. The summed E-state index contributed by atoms with van der Waals surface area (Å²) in [5.41, 5.74) is -0.0782. The molecule has 0 aliphatic carbocycles. The molecule has 12 heteroatoms. The summed E-state index contributed by atoms with van der Waals surface area (Å²) in [5.74, 6) is 0.647. The molecule has 1 atom stereocenters. The van der Waals surface area contributed by atoms with Crippen molar-refractivity contribution < 1.29 is 26.7 Å². The van der Waals surface area contributed by atoms with Crippen LogP contribution < -0.4 is 10.0 Å². The summed E-state index contributed by atoms with van der Waals surface area (Å²) in [6.45, 7) is 1.51. The fourth-order valence-corrected chi connectivity index (χ4v) is 4.52. The number of benzene rings is 2. The molecule has 0 saturated heterocycles. The molecule has 1 unspecified atom stereocenters. The maximum Gasteiger partial charge on any atom is 0.416 e. The molecule has 1 aromatic heterocycles. The molecule has 0 aliphatic heterocycles. The summed E-state index contributed by atoms with van der Waals surface area (Å²) in [7, 11) is -4.36. The van der Waals surface area contributed by atoms with Crippen molar-refractivity contribution in [1.82, 2.24) is 9.97 Å². The third-order valence-electron chi connectivity index (χ3n) is 4.30. The average molecular weight is 499 g/mol. The zero-order valence-corrected chi connectivity index (χ0v) is 19.0. The number of sulfonamides is 1. The predicted octanol–water partition coefficient (Wildman–Crippen LogP) is 4.38. The number of nitrogens with one attached hydrogen (secondary N) is 2. The van der Waals surface area contributed by atoms with Crippen molar-refractivity contribution >= 4 is 33.4 Å². The summed E-state index contributed by atoms with van der Waals surface area (Å²) < 4.78 is 66.7. The van der Waals surface area contributed by atoms with E-state index in [2.05, 4.69) is 20.0 Å². The van der Waals surface area contributed by atoms with Crippen molar-refractivity contribution in [3.8, 4) is 0 Å². The number of aliphatic hydroxyl groups is 1. The van der Waals surface area contributed by atoms with Gasteiger partial charge in [0.1, 0.15) is 11.6 Å². The third kappa shape index (κ3) is 7.07. The molecule has 3 N–H and O–H groups in total. The Morgan fingerprint density at radius 1 is 1.03 bits per heavy atom. The first kappa shape index (κ1) is 24.8. The maximum absolute atomic E-state index is 13.0. The number of nitrogens with zero attached hydrogens (tertiary/aromatic N) is 2. The van der Waals surface area contributed by atoms with Crippen LogP contribution in [0, 0.1) is 0 Å². The standard InChI is InChI=1S/C21H21F3N4O3S2/c1-14(12-29)25-18-11-19(27-20(26-18)32-13-15-6-3-2-4-7-15)28-33(30,31)17-9-5-8-16(10-17)21(22,23)24/h2-11,14,29H,12-13H2,1H3,(H2,25,26,27,28). The minimum Gasteiger partial charge on any atom is -0.394 e. The highest BCUT2D eigenvalue weighted by Crippen LogP contribution is 2.31. The van der Waals surface area contributed by atoms with Crippen LogP contribution in [-0.2, 0) is 22.0 Å². The number of rotatable bonds is 9. The van der Waals surface area contributed by atoms with Gasteiger partial charge in [-0.1, -0.05) is 48.2 Å². The van der Waals surface area contributed by atoms with Gasteiger partial charge in [-0.3, -0.25) is 4.72 Å². The van der Waals surface area contributed by atoms with Gasteiger partial charge >= 0.3 is 6.18 Å². The Bertz CT molecular complexity index is 1190. The molecule has 0 aliphatic rings. The number of hydrogen-bond donors (Lipinski definition) is 3. The fraction of sp³-hybridized carbons (Fsp3) is 0.238. The number of alkyl halides is 3. The number of thioether (sulfide) groups is 1. The van der Waals surface area contributed by atoms with Gasteiger partial charge in [0.2, 0.25) is 0 Å². The van der Waals surface area contributed by atoms with Crippen molar-refractivity contribution in [3.63, 3.8) is 0 Å². The van der Waals surface area contributed by atoms with E-state index in [9.17, 15) is 26.7 Å². The van der Waals surface area contributed by atoms with E-state index < -0.39 is 26.7 Å². The maximum atomic E-state index is 13.0. The normalized spacial score (nSPS) is 12.9. The molecule has 0 bridgehead atoms. The highest BCUT2D eigenvalue weighted by Gasteiger charge is 2.31. The van der Waals surface area contributed by atoms with Gasteiger partial charge in [0.05, 0.1) is 17.1 Å². The van der Waals surface area contributed by atoms with Crippen LogP contribution in [0.5, 0.6) is 0 Å². The van der Waals surface area contributed by atoms with Gasteiger partial charge in [-0.15, -0.1) is 0 Å². The Kier molecular flexibility index (Phi) is 7.82. The molecular formula is C21H21F3N4O3S2. The van der Waals surface area contributed by atoms with Gasteiger partial charge in [0.15, 0.2) is 5.16 Å². The smallest absolute Gasteiger partial charge is 0.394 e. The second kappa shape index (κ2) is 10.4. The van der Waals surface area contributed by atoms with Gasteiger partial charge in [0.25, 0.3) is 10.0 Å². The Morgan fingerprint density at radius 2 is 1.73 bits per heavy atom. The lowest BCUT2D eigenvalue weighted by Crippen LogP contribution is -2.21. The molecule has 0 fully saturated rings. The highest BCUT2D eigenvalue weighted by molar-refractivity contribution is 7.98. The van der Waals surface area contributed by atoms with Gasteiger partial charge in [0, 0.05) is 17.9 Å². The topological polar surface area (TPSA) is 104 Å². The number of hydrogen-bond acceptors (Lipinski definition) is 7.